The number of ether oxygens (including phenoxy) is 4. The highest BCUT2D eigenvalue weighted by Gasteiger charge is 2.36. The number of methoxy groups -OCH3 is 4. The lowest BCUT2D eigenvalue weighted by atomic mass is 10.0. The molecule has 1 saturated heterocycles. The summed E-state index contributed by atoms with van der Waals surface area (Å²) in [5.41, 5.74) is 0.848. The first-order valence-corrected chi connectivity index (χ1v) is 6.30. The number of carbonyl (C=O) groups excluding carboxylic acids is 1. The van der Waals surface area contributed by atoms with Crippen molar-refractivity contribution in [3.63, 3.8) is 0 Å². The van der Waals surface area contributed by atoms with E-state index in [-0.39, 0.29) is 12.0 Å². The lowest BCUT2D eigenvalue weighted by Crippen LogP contribution is -2.53. The van der Waals surface area contributed by atoms with Gasteiger partial charge in [0.2, 0.25) is 5.75 Å². The van der Waals surface area contributed by atoms with Gasteiger partial charge in [-0.2, -0.15) is 0 Å². The Morgan fingerprint density at radius 2 is 1.70 bits per heavy atom. The summed E-state index contributed by atoms with van der Waals surface area (Å²) >= 11 is 0. The van der Waals surface area contributed by atoms with Crippen LogP contribution in [0.2, 0.25) is 0 Å². The standard InChI is InChI=1S/C14H19NO5/c1-17-11-7-9(8-12(18-2)13(11)19-3)15-6-5-10(15)14(16)20-4/h7-8,10H,5-6H2,1-4H3. The molecule has 0 saturated carbocycles. The maximum atomic E-state index is 11.7. The second-order valence-corrected chi connectivity index (χ2v) is 4.40. The van der Waals surface area contributed by atoms with Crippen LogP contribution in [0.5, 0.6) is 17.2 Å². The van der Waals surface area contributed by atoms with Crippen molar-refractivity contribution in [2.45, 2.75) is 12.5 Å². The Balaban J connectivity index is 2.35. The lowest BCUT2D eigenvalue weighted by molar-refractivity contribution is -0.143. The van der Waals surface area contributed by atoms with Gasteiger partial charge >= 0.3 is 5.97 Å². The maximum Gasteiger partial charge on any atom is 0.328 e. The van der Waals surface area contributed by atoms with E-state index in [1.807, 2.05) is 17.0 Å². The van der Waals surface area contributed by atoms with Gasteiger partial charge in [-0.25, -0.2) is 4.79 Å². The third-order valence-electron chi connectivity index (χ3n) is 3.47. The van der Waals surface area contributed by atoms with E-state index in [4.69, 9.17) is 18.9 Å². The molecule has 1 aromatic carbocycles. The van der Waals surface area contributed by atoms with Gasteiger partial charge in [-0.3, -0.25) is 0 Å². The molecule has 1 heterocycles. The van der Waals surface area contributed by atoms with Crippen LogP contribution in [0.1, 0.15) is 6.42 Å². The van der Waals surface area contributed by atoms with Gasteiger partial charge < -0.3 is 23.8 Å². The van der Waals surface area contributed by atoms with Crippen LogP contribution in [-0.2, 0) is 9.53 Å². The van der Waals surface area contributed by atoms with Crippen molar-refractivity contribution in [2.75, 3.05) is 39.9 Å². The Kier molecular flexibility index (Phi) is 4.22. The average molecular weight is 281 g/mol. The van der Waals surface area contributed by atoms with Gasteiger partial charge in [-0.05, 0) is 6.42 Å². The molecule has 0 bridgehead atoms. The molecule has 2 rings (SSSR count). The SMILES string of the molecule is COC(=O)C1CCN1c1cc(OC)c(OC)c(OC)c1. The van der Waals surface area contributed by atoms with Crippen molar-refractivity contribution in [1.82, 2.24) is 0 Å². The molecule has 6 heteroatoms. The number of benzene rings is 1. The Morgan fingerprint density at radius 3 is 2.05 bits per heavy atom. The normalized spacial score (nSPS) is 17.2. The van der Waals surface area contributed by atoms with Crippen LogP contribution in [0.4, 0.5) is 5.69 Å². The van der Waals surface area contributed by atoms with Gasteiger partial charge in [0, 0.05) is 24.4 Å². The van der Waals surface area contributed by atoms with Crippen LogP contribution < -0.4 is 19.1 Å². The molecule has 0 radical (unpaired) electrons. The smallest absolute Gasteiger partial charge is 0.328 e. The highest BCUT2D eigenvalue weighted by molar-refractivity contribution is 5.82. The van der Waals surface area contributed by atoms with E-state index in [9.17, 15) is 4.79 Å². The zero-order chi connectivity index (χ0) is 14.7. The topological polar surface area (TPSA) is 57.2 Å². The average Bonchev–Trinajstić information content (AvgIpc) is 2.44. The van der Waals surface area contributed by atoms with Gasteiger partial charge in [-0.1, -0.05) is 0 Å². The molecule has 110 valence electrons. The fourth-order valence-corrected chi connectivity index (χ4v) is 2.31. The second kappa shape index (κ2) is 5.90. The van der Waals surface area contributed by atoms with E-state index >= 15 is 0 Å². The van der Waals surface area contributed by atoms with Crippen LogP contribution in [-0.4, -0.2) is 47.0 Å². The Hall–Kier alpha value is -2.11. The number of hydrogen-bond acceptors (Lipinski definition) is 6. The number of nitrogens with zero attached hydrogens (tertiary/aromatic N) is 1. The number of hydrogen-bond donors (Lipinski definition) is 0. The van der Waals surface area contributed by atoms with E-state index < -0.39 is 0 Å². The third kappa shape index (κ3) is 2.33. The molecule has 0 N–H and O–H groups in total. The first kappa shape index (κ1) is 14.3. The fraction of sp³-hybridized carbons (Fsp3) is 0.500. The summed E-state index contributed by atoms with van der Waals surface area (Å²) in [6, 6.07) is 3.41. The molecule has 0 amide bonds. The van der Waals surface area contributed by atoms with Crippen LogP contribution >= 0.6 is 0 Å². The molecule has 1 aromatic rings. The van der Waals surface area contributed by atoms with Crippen molar-refractivity contribution < 1.29 is 23.7 Å². The quantitative estimate of drug-likeness (QED) is 0.762. The van der Waals surface area contributed by atoms with Crippen LogP contribution in [0, 0.1) is 0 Å². The highest BCUT2D eigenvalue weighted by atomic mass is 16.5. The fourth-order valence-electron chi connectivity index (χ4n) is 2.31. The maximum absolute atomic E-state index is 11.7. The largest absolute Gasteiger partial charge is 0.493 e. The van der Waals surface area contributed by atoms with Crippen molar-refractivity contribution in [3.05, 3.63) is 12.1 Å². The third-order valence-corrected chi connectivity index (χ3v) is 3.47. The van der Waals surface area contributed by atoms with Gasteiger partial charge in [0.1, 0.15) is 6.04 Å². The summed E-state index contributed by atoms with van der Waals surface area (Å²) in [4.78, 5) is 13.6. The molecule has 1 fully saturated rings. The predicted molar refractivity (Wildman–Crippen MR) is 73.9 cm³/mol. The van der Waals surface area contributed by atoms with E-state index in [0.29, 0.717) is 17.2 Å². The van der Waals surface area contributed by atoms with Gasteiger partial charge in [-0.15, -0.1) is 0 Å². The molecule has 0 aromatic heterocycles. The molecule has 20 heavy (non-hydrogen) atoms. The van der Waals surface area contributed by atoms with E-state index in [1.165, 1.54) is 7.11 Å². The minimum atomic E-state index is -0.247. The minimum Gasteiger partial charge on any atom is -0.493 e. The van der Waals surface area contributed by atoms with Crippen LogP contribution in [0.15, 0.2) is 12.1 Å². The molecule has 0 aliphatic carbocycles. The van der Waals surface area contributed by atoms with Crippen molar-refractivity contribution in [2.24, 2.45) is 0 Å². The molecule has 0 spiro atoms. The van der Waals surface area contributed by atoms with Gasteiger partial charge in [0.15, 0.2) is 11.5 Å². The molecule has 1 atom stereocenters. The number of esters is 1. The summed E-state index contributed by atoms with van der Waals surface area (Å²) in [6.45, 7) is 0.790. The van der Waals surface area contributed by atoms with Crippen LogP contribution in [0.25, 0.3) is 0 Å². The number of carbonyl (C=O) groups is 1. The van der Waals surface area contributed by atoms with Crippen LogP contribution in [0.3, 0.4) is 0 Å². The summed E-state index contributed by atoms with van der Waals surface area (Å²) < 4.78 is 20.7. The Morgan fingerprint density at radius 1 is 1.10 bits per heavy atom. The van der Waals surface area contributed by atoms with Gasteiger partial charge in [0.25, 0.3) is 0 Å². The van der Waals surface area contributed by atoms with Crippen molar-refractivity contribution >= 4 is 11.7 Å². The Labute approximate surface area is 118 Å². The molecular weight excluding hydrogens is 262 g/mol. The van der Waals surface area contributed by atoms with Crippen molar-refractivity contribution in [3.8, 4) is 17.2 Å². The Bertz CT molecular complexity index is 477. The monoisotopic (exact) mass is 281 g/mol. The number of rotatable bonds is 5. The van der Waals surface area contributed by atoms with Crippen molar-refractivity contribution in [1.29, 1.82) is 0 Å². The number of anilines is 1. The zero-order valence-corrected chi connectivity index (χ0v) is 12.1. The molecule has 1 aliphatic rings. The summed E-state index contributed by atoms with van der Waals surface area (Å²) in [5.74, 6) is 1.44. The molecular formula is C14H19NO5. The molecule has 1 aliphatic heterocycles. The minimum absolute atomic E-state index is 0.231. The van der Waals surface area contributed by atoms with E-state index in [0.717, 1.165) is 18.7 Å². The lowest BCUT2D eigenvalue weighted by Gasteiger charge is -2.40. The summed E-state index contributed by atoms with van der Waals surface area (Å²) in [7, 11) is 6.08. The summed E-state index contributed by atoms with van der Waals surface area (Å²) in [5, 5.41) is 0. The predicted octanol–water partition coefficient (Wildman–Crippen LogP) is 1.46. The first-order valence-electron chi connectivity index (χ1n) is 6.30. The zero-order valence-electron chi connectivity index (χ0n) is 12.1. The summed E-state index contributed by atoms with van der Waals surface area (Å²) in [6.07, 6.45) is 0.781. The van der Waals surface area contributed by atoms with E-state index in [1.54, 1.807) is 21.3 Å². The highest BCUT2D eigenvalue weighted by Crippen LogP contribution is 2.42. The first-order chi connectivity index (χ1) is 9.65. The molecule has 1 unspecified atom stereocenters. The molecule has 6 nitrogen and oxygen atoms in total. The van der Waals surface area contributed by atoms with E-state index in [2.05, 4.69) is 0 Å². The second-order valence-electron chi connectivity index (χ2n) is 4.40. The van der Waals surface area contributed by atoms with Gasteiger partial charge in [0.05, 0.1) is 28.4 Å².